The van der Waals surface area contributed by atoms with E-state index in [4.69, 9.17) is 4.74 Å². The highest BCUT2D eigenvalue weighted by atomic mass is 32.1. The first-order valence-corrected chi connectivity index (χ1v) is 8.20. The second kappa shape index (κ2) is 6.37. The third kappa shape index (κ3) is 3.34. The monoisotopic (exact) mass is 331 g/mol. The minimum absolute atomic E-state index is 0.0169. The van der Waals surface area contributed by atoms with Crippen molar-refractivity contribution in [3.05, 3.63) is 40.3 Å². The van der Waals surface area contributed by atoms with Crippen molar-refractivity contribution in [2.75, 3.05) is 11.5 Å². The molecular weight excluding hydrogens is 314 g/mol. The van der Waals surface area contributed by atoms with Crippen LogP contribution in [0.5, 0.6) is 5.75 Å². The fourth-order valence-electron chi connectivity index (χ4n) is 2.29. The van der Waals surface area contributed by atoms with Crippen LogP contribution in [0.15, 0.2) is 29.6 Å². The molecule has 0 atom stereocenters. The van der Waals surface area contributed by atoms with E-state index >= 15 is 0 Å². The number of rotatable bonds is 4. The van der Waals surface area contributed by atoms with Gasteiger partial charge in [-0.3, -0.25) is 14.5 Å². The minimum atomic E-state index is -0.198. The van der Waals surface area contributed by atoms with Crippen molar-refractivity contribution in [1.82, 2.24) is 10.3 Å². The number of fused-ring (bicyclic) bond motifs is 1. The fraction of sp³-hybridized carbons (Fsp3) is 0.312. The van der Waals surface area contributed by atoms with Crippen LogP contribution in [0, 0.1) is 0 Å². The lowest BCUT2D eigenvalue weighted by molar-refractivity contribution is -0.121. The van der Waals surface area contributed by atoms with Gasteiger partial charge in [-0.2, -0.15) is 0 Å². The summed E-state index contributed by atoms with van der Waals surface area (Å²) >= 11 is 1.37. The van der Waals surface area contributed by atoms with Gasteiger partial charge in [0.25, 0.3) is 11.8 Å². The van der Waals surface area contributed by atoms with E-state index in [2.05, 4.69) is 10.3 Å². The number of amides is 2. The van der Waals surface area contributed by atoms with Crippen LogP contribution in [-0.2, 0) is 11.3 Å². The fourth-order valence-corrected chi connectivity index (χ4v) is 3.05. The van der Waals surface area contributed by atoms with Crippen molar-refractivity contribution in [3.63, 3.8) is 0 Å². The van der Waals surface area contributed by atoms with Gasteiger partial charge in [-0.25, -0.2) is 4.98 Å². The van der Waals surface area contributed by atoms with Crippen molar-refractivity contribution in [2.45, 2.75) is 26.4 Å². The molecule has 2 amide bonds. The zero-order valence-corrected chi connectivity index (χ0v) is 13.7. The molecule has 0 radical (unpaired) electrons. The van der Waals surface area contributed by atoms with Gasteiger partial charge in [0.2, 0.25) is 0 Å². The molecule has 0 fully saturated rings. The number of hydrogen-bond acceptors (Lipinski definition) is 5. The number of thiazole rings is 1. The van der Waals surface area contributed by atoms with E-state index in [0.717, 1.165) is 5.69 Å². The zero-order chi connectivity index (χ0) is 16.4. The van der Waals surface area contributed by atoms with Crippen LogP contribution in [0.4, 0.5) is 5.69 Å². The summed E-state index contributed by atoms with van der Waals surface area (Å²) in [6, 6.07) is 7.45. The first-order valence-electron chi connectivity index (χ1n) is 7.32. The van der Waals surface area contributed by atoms with Gasteiger partial charge < -0.3 is 10.1 Å². The maximum atomic E-state index is 12.1. The van der Waals surface area contributed by atoms with Gasteiger partial charge >= 0.3 is 0 Å². The van der Waals surface area contributed by atoms with Gasteiger partial charge in [0.15, 0.2) is 6.61 Å². The summed E-state index contributed by atoms with van der Waals surface area (Å²) in [5, 5.41) is 5.23. The third-order valence-electron chi connectivity index (χ3n) is 3.31. The molecule has 0 saturated heterocycles. The molecule has 1 aliphatic heterocycles. The Morgan fingerprint density at radius 1 is 1.43 bits per heavy atom. The van der Waals surface area contributed by atoms with Gasteiger partial charge in [0.05, 0.1) is 12.2 Å². The predicted molar refractivity (Wildman–Crippen MR) is 87.8 cm³/mol. The van der Waals surface area contributed by atoms with E-state index < -0.39 is 0 Å². The van der Waals surface area contributed by atoms with Crippen molar-refractivity contribution in [2.24, 2.45) is 0 Å². The lowest BCUT2D eigenvalue weighted by Gasteiger charge is -2.28. The molecule has 0 saturated carbocycles. The molecule has 2 heterocycles. The Hall–Kier alpha value is -2.41. The summed E-state index contributed by atoms with van der Waals surface area (Å²) in [6.07, 6.45) is 0. The van der Waals surface area contributed by atoms with E-state index in [-0.39, 0.29) is 24.5 Å². The minimum Gasteiger partial charge on any atom is -0.482 e. The smallest absolute Gasteiger partial charge is 0.270 e. The van der Waals surface area contributed by atoms with Crippen LogP contribution in [0.1, 0.15) is 29.3 Å². The van der Waals surface area contributed by atoms with Crippen LogP contribution < -0.4 is 15.0 Å². The Morgan fingerprint density at radius 3 is 3.00 bits per heavy atom. The molecule has 1 aromatic heterocycles. The van der Waals surface area contributed by atoms with E-state index in [1.54, 1.807) is 10.3 Å². The number of aromatic nitrogens is 1. The molecule has 3 rings (SSSR count). The molecule has 120 valence electrons. The third-order valence-corrected chi connectivity index (χ3v) is 4.14. The van der Waals surface area contributed by atoms with Crippen molar-refractivity contribution in [1.29, 1.82) is 0 Å². The first-order chi connectivity index (χ1) is 11.0. The molecule has 7 heteroatoms. The zero-order valence-electron chi connectivity index (χ0n) is 12.9. The maximum Gasteiger partial charge on any atom is 0.270 e. The summed E-state index contributed by atoms with van der Waals surface area (Å²) in [5.41, 5.74) is 1.11. The van der Waals surface area contributed by atoms with Crippen molar-refractivity contribution >= 4 is 28.8 Å². The molecule has 0 unspecified atom stereocenters. The molecule has 1 aromatic carbocycles. The largest absolute Gasteiger partial charge is 0.482 e. The molecule has 6 nitrogen and oxygen atoms in total. The average molecular weight is 331 g/mol. The van der Waals surface area contributed by atoms with Gasteiger partial charge in [0, 0.05) is 11.4 Å². The standard InChI is InChI=1S/C16H17N3O3S/c1-10(2)17-16(21)11-9-23-14(18-11)7-19-12-5-3-4-6-13(12)22-8-15(19)20/h3-6,9-10H,7-8H2,1-2H3,(H,17,21). The van der Waals surface area contributed by atoms with Gasteiger partial charge in [-0.1, -0.05) is 12.1 Å². The van der Waals surface area contributed by atoms with Crippen LogP contribution in [0.2, 0.25) is 0 Å². The normalized spacial score (nSPS) is 13.7. The average Bonchev–Trinajstić information content (AvgIpc) is 2.98. The Kier molecular flexibility index (Phi) is 4.29. The maximum absolute atomic E-state index is 12.1. The number of ether oxygens (including phenoxy) is 1. The van der Waals surface area contributed by atoms with Crippen LogP contribution in [-0.4, -0.2) is 29.4 Å². The predicted octanol–water partition coefficient (Wildman–Crippen LogP) is 2.21. The lowest BCUT2D eigenvalue weighted by Crippen LogP contribution is -2.38. The summed E-state index contributed by atoms with van der Waals surface area (Å²) in [6.45, 7) is 4.14. The quantitative estimate of drug-likeness (QED) is 0.932. The number of nitrogens with one attached hydrogen (secondary N) is 1. The number of carbonyl (C=O) groups excluding carboxylic acids is 2. The molecule has 2 aromatic rings. The molecule has 0 aliphatic carbocycles. The summed E-state index contributed by atoms with van der Waals surface area (Å²) in [4.78, 5) is 30.1. The van der Waals surface area contributed by atoms with Crippen LogP contribution in [0.3, 0.4) is 0 Å². The lowest BCUT2D eigenvalue weighted by atomic mass is 10.2. The van der Waals surface area contributed by atoms with Gasteiger partial charge in [-0.15, -0.1) is 11.3 Å². The van der Waals surface area contributed by atoms with E-state index in [0.29, 0.717) is 23.0 Å². The second-order valence-corrected chi connectivity index (χ2v) is 6.43. The molecule has 0 spiro atoms. The van der Waals surface area contributed by atoms with Gasteiger partial charge in [0.1, 0.15) is 16.5 Å². The number of anilines is 1. The Balaban J connectivity index is 1.79. The van der Waals surface area contributed by atoms with Crippen LogP contribution >= 0.6 is 11.3 Å². The SMILES string of the molecule is CC(C)NC(=O)c1csc(CN2C(=O)COc3ccccc32)n1. The highest BCUT2D eigenvalue weighted by Gasteiger charge is 2.26. The Morgan fingerprint density at radius 2 is 2.22 bits per heavy atom. The summed E-state index contributed by atoms with van der Waals surface area (Å²) < 4.78 is 5.42. The Bertz CT molecular complexity index is 742. The molecule has 1 N–H and O–H groups in total. The van der Waals surface area contributed by atoms with Crippen LogP contribution in [0.25, 0.3) is 0 Å². The number of hydrogen-bond donors (Lipinski definition) is 1. The van der Waals surface area contributed by atoms with Gasteiger partial charge in [-0.05, 0) is 26.0 Å². The highest BCUT2D eigenvalue weighted by molar-refractivity contribution is 7.09. The number of para-hydroxylation sites is 2. The molecule has 1 aliphatic rings. The molecular formula is C16H17N3O3S. The summed E-state index contributed by atoms with van der Waals surface area (Å²) in [7, 11) is 0. The van der Waals surface area contributed by atoms with E-state index in [9.17, 15) is 9.59 Å². The second-order valence-electron chi connectivity index (χ2n) is 5.49. The summed E-state index contributed by atoms with van der Waals surface area (Å²) in [5.74, 6) is 0.365. The highest BCUT2D eigenvalue weighted by Crippen LogP contribution is 2.32. The number of carbonyl (C=O) groups is 2. The molecule has 23 heavy (non-hydrogen) atoms. The topological polar surface area (TPSA) is 71.5 Å². The Labute approximate surface area is 138 Å². The van der Waals surface area contributed by atoms with Crippen molar-refractivity contribution < 1.29 is 14.3 Å². The number of benzene rings is 1. The van der Waals surface area contributed by atoms with Crippen molar-refractivity contribution in [3.8, 4) is 5.75 Å². The molecule has 0 bridgehead atoms. The first kappa shape index (κ1) is 15.5. The van der Waals surface area contributed by atoms with E-state index in [1.165, 1.54) is 11.3 Å². The van der Waals surface area contributed by atoms with E-state index in [1.807, 2.05) is 38.1 Å². The number of nitrogens with zero attached hydrogens (tertiary/aromatic N) is 2.